The van der Waals surface area contributed by atoms with Gasteiger partial charge >= 0.3 is 0 Å². The van der Waals surface area contributed by atoms with Gasteiger partial charge in [-0.15, -0.1) is 12.4 Å². The summed E-state index contributed by atoms with van der Waals surface area (Å²) in [6.45, 7) is 4.18. The average molecular weight is 275 g/mol. The van der Waals surface area contributed by atoms with Crippen molar-refractivity contribution in [1.82, 2.24) is 5.32 Å². The van der Waals surface area contributed by atoms with Gasteiger partial charge in [0.05, 0.1) is 6.04 Å². The lowest BCUT2D eigenvalue weighted by atomic mass is 10.0. The fourth-order valence-electron chi connectivity index (χ4n) is 1.44. The molecule has 0 aliphatic carbocycles. The first-order chi connectivity index (χ1) is 8.02. The summed E-state index contributed by atoms with van der Waals surface area (Å²) in [5.41, 5.74) is 6.29. The third kappa shape index (κ3) is 5.02. The van der Waals surface area contributed by atoms with E-state index in [1.165, 1.54) is 6.07 Å². The van der Waals surface area contributed by atoms with Crippen LogP contribution in [-0.2, 0) is 11.2 Å². The number of hydrogen-bond acceptors (Lipinski definition) is 2. The third-order valence-electron chi connectivity index (χ3n) is 2.67. The molecule has 0 aromatic heterocycles. The quantitative estimate of drug-likeness (QED) is 0.862. The standard InChI is InChI=1S/C13H19FN2O.ClH/c1-9(2)12(15)13(17)16-8-7-10-5-3-4-6-11(10)14;/h3-6,9,12H,7-8,15H2,1-2H3,(H,16,17);1H/t12-;/m1./s1. The van der Waals surface area contributed by atoms with Crippen LogP contribution in [0.25, 0.3) is 0 Å². The molecule has 3 N–H and O–H groups in total. The summed E-state index contributed by atoms with van der Waals surface area (Å²) in [5, 5.41) is 2.71. The van der Waals surface area contributed by atoms with E-state index in [1.807, 2.05) is 13.8 Å². The van der Waals surface area contributed by atoms with E-state index < -0.39 is 6.04 Å². The van der Waals surface area contributed by atoms with Crippen molar-refractivity contribution in [1.29, 1.82) is 0 Å². The fraction of sp³-hybridized carbons (Fsp3) is 0.462. The lowest BCUT2D eigenvalue weighted by molar-refractivity contribution is -0.123. The lowest BCUT2D eigenvalue weighted by Gasteiger charge is -2.15. The predicted molar refractivity (Wildman–Crippen MR) is 73.2 cm³/mol. The van der Waals surface area contributed by atoms with Crippen LogP contribution in [0.15, 0.2) is 24.3 Å². The maximum atomic E-state index is 13.3. The van der Waals surface area contributed by atoms with Crippen LogP contribution < -0.4 is 11.1 Å². The molecular formula is C13H20ClFN2O. The zero-order valence-electron chi connectivity index (χ0n) is 10.7. The van der Waals surface area contributed by atoms with Crippen molar-refractivity contribution in [3.05, 3.63) is 35.6 Å². The van der Waals surface area contributed by atoms with E-state index in [0.29, 0.717) is 18.5 Å². The minimum absolute atomic E-state index is 0. The number of benzene rings is 1. The van der Waals surface area contributed by atoms with Gasteiger partial charge in [0.15, 0.2) is 0 Å². The average Bonchev–Trinajstić information content (AvgIpc) is 2.30. The zero-order valence-corrected chi connectivity index (χ0v) is 11.5. The minimum Gasteiger partial charge on any atom is -0.354 e. The van der Waals surface area contributed by atoms with Gasteiger partial charge in [0.25, 0.3) is 0 Å². The summed E-state index contributed by atoms with van der Waals surface area (Å²) in [7, 11) is 0. The van der Waals surface area contributed by atoms with Crippen LogP contribution in [0, 0.1) is 11.7 Å². The Kier molecular flexibility index (Phi) is 7.55. The van der Waals surface area contributed by atoms with E-state index >= 15 is 0 Å². The molecule has 0 saturated carbocycles. The van der Waals surface area contributed by atoms with Crippen molar-refractivity contribution in [3.8, 4) is 0 Å². The number of hydrogen-bond donors (Lipinski definition) is 2. The monoisotopic (exact) mass is 274 g/mol. The number of carbonyl (C=O) groups excluding carboxylic acids is 1. The van der Waals surface area contributed by atoms with Crippen LogP contribution in [0.2, 0.25) is 0 Å². The van der Waals surface area contributed by atoms with E-state index in [0.717, 1.165) is 0 Å². The van der Waals surface area contributed by atoms with E-state index in [9.17, 15) is 9.18 Å². The second kappa shape index (κ2) is 8.06. The molecule has 1 amide bonds. The van der Waals surface area contributed by atoms with Gasteiger partial charge < -0.3 is 11.1 Å². The smallest absolute Gasteiger partial charge is 0.237 e. The van der Waals surface area contributed by atoms with Gasteiger partial charge in [-0.3, -0.25) is 4.79 Å². The van der Waals surface area contributed by atoms with Crippen LogP contribution in [0.4, 0.5) is 4.39 Å². The maximum absolute atomic E-state index is 13.3. The van der Waals surface area contributed by atoms with Crippen LogP contribution in [0.1, 0.15) is 19.4 Å². The van der Waals surface area contributed by atoms with Crippen molar-refractivity contribution in [3.63, 3.8) is 0 Å². The molecule has 0 bridgehead atoms. The van der Waals surface area contributed by atoms with Crippen molar-refractivity contribution >= 4 is 18.3 Å². The fourth-order valence-corrected chi connectivity index (χ4v) is 1.44. The van der Waals surface area contributed by atoms with Gasteiger partial charge in [0.1, 0.15) is 5.82 Å². The molecule has 0 saturated heterocycles. The number of nitrogens with one attached hydrogen (secondary N) is 1. The van der Waals surface area contributed by atoms with Crippen molar-refractivity contribution in [2.24, 2.45) is 11.7 Å². The summed E-state index contributed by atoms with van der Waals surface area (Å²) >= 11 is 0. The van der Waals surface area contributed by atoms with Crippen molar-refractivity contribution in [2.45, 2.75) is 26.3 Å². The van der Waals surface area contributed by atoms with Gasteiger partial charge in [0.2, 0.25) is 5.91 Å². The van der Waals surface area contributed by atoms with E-state index in [1.54, 1.807) is 18.2 Å². The highest BCUT2D eigenvalue weighted by Crippen LogP contribution is 2.06. The molecule has 0 unspecified atom stereocenters. The van der Waals surface area contributed by atoms with E-state index in [4.69, 9.17) is 5.73 Å². The molecule has 0 spiro atoms. The highest BCUT2D eigenvalue weighted by molar-refractivity contribution is 5.85. The molecule has 0 heterocycles. The second-order valence-corrected chi connectivity index (χ2v) is 4.40. The number of carbonyl (C=O) groups is 1. The largest absolute Gasteiger partial charge is 0.354 e. The van der Waals surface area contributed by atoms with Crippen molar-refractivity contribution < 1.29 is 9.18 Å². The Balaban J connectivity index is 0.00000289. The zero-order chi connectivity index (χ0) is 12.8. The van der Waals surface area contributed by atoms with E-state index in [-0.39, 0.29) is 30.0 Å². The maximum Gasteiger partial charge on any atom is 0.237 e. The molecule has 1 aromatic carbocycles. The summed E-state index contributed by atoms with van der Waals surface area (Å²) in [6, 6.07) is 6.04. The Labute approximate surface area is 113 Å². The number of halogens is 2. The molecule has 1 atom stereocenters. The van der Waals surface area contributed by atoms with Gasteiger partial charge in [-0.2, -0.15) is 0 Å². The van der Waals surface area contributed by atoms with Gasteiger partial charge in [-0.1, -0.05) is 32.0 Å². The summed E-state index contributed by atoms with van der Waals surface area (Å²) < 4.78 is 13.3. The summed E-state index contributed by atoms with van der Waals surface area (Å²) in [4.78, 5) is 11.5. The molecule has 102 valence electrons. The normalized spacial score (nSPS) is 11.8. The number of rotatable bonds is 5. The number of amides is 1. The Morgan fingerprint density at radius 2 is 2.00 bits per heavy atom. The van der Waals surface area contributed by atoms with Gasteiger partial charge in [-0.05, 0) is 24.0 Å². The molecule has 0 aliphatic rings. The van der Waals surface area contributed by atoms with Gasteiger partial charge in [0, 0.05) is 6.54 Å². The Morgan fingerprint density at radius 1 is 1.39 bits per heavy atom. The molecular weight excluding hydrogens is 255 g/mol. The highest BCUT2D eigenvalue weighted by Gasteiger charge is 2.16. The Bertz CT molecular complexity index is 385. The molecule has 0 aliphatic heterocycles. The SMILES string of the molecule is CC(C)[C@@H](N)C(=O)NCCc1ccccc1F.Cl. The first kappa shape index (κ1) is 16.9. The molecule has 5 heteroatoms. The van der Waals surface area contributed by atoms with Crippen LogP contribution in [-0.4, -0.2) is 18.5 Å². The molecule has 0 radical (unpaired) electrons. The Hall–Kier alpha value is -1.13. The van der Waals surface area contributed by atoms with Crippen LogP contribution >= 0.6 is 12.4 Å². The molecule has 18 heavy (non-hydrogen) atoms. The second-order valence-electron chi connectivity index (χ2n) is 4.40. The lowest BCUT2D eigenvalue weighted by Crippen LogP contribution is -2.44. The predicted octanol–water partition coefficient (Wildman–Crippen LogP) is 1.89. The van der Waals surface area contributed by atoms with Gasteiger partial charge in [-0.25, -0.2) is 4.39 Å². The first-order valence-corrected chi connectivity index (χ1v) is 5.79. The minimum atomic E-state index is -0.504. The third-order valence-corrected chi connectivity index (χ3v) is 2.67. The van der Waals surface area contributed by atoms with Crippen LogP contribution in [0.5, 0.6) is 0 Å². The van der Waals surface area contributed by atoms with Crippen molar-refractivity contribution in [2.75, 3.05) is 6.54 Å². The number of nitrogens with two attached hydrogens (primary N) is 1. The summed E-state index contributed by atoms with van der Waals surface area (Å²) in [5.74, 6) is -0.324. The Morgan fingerprint density at radius 3 is 2.56 bits per heavy atom. The molecule has 0 fully saturated rings. The topological polar surface area (TPSA) is 55.1 Å². The first-order valence-electron chi connectivity index (χ1n) is 5.79. The molecule has 3 nitrogen and oxygen atoms in total. The molecule has 1 aromatic rings. The molecule has 1 rings (SSSR count). The van der Waals surface area contributed by atoms with Crippen LogP contribution in [0.3, 0.4) is 0 Å². The van der Waals surface area contributed by atoms with E-state index in [2.05, 4.69) is 5.32 Å². The highest BCUT2D eigenvalue weighted by atomic mass is 35.5. The summed E-state index contributed by atoms with van der Waals surface area (Å²) in [6.07, 6.45) is 0.475.